The average molecular weight is 411 g/mol. The van der Waals surface area contributed by atoms with Gasteiger partial charge in [0.25, 0.3) is 0 Å². The Balaban J connectivity index is 1.52. The van der Waals surface area contributed by atoms with E-state index in [1.165, 1.54) is 6.92 Å². The third-order valence-corrected chi connectivity index (χ3v) is 7.01. The van der Waals surface area contributed by atoms with Crippen molar-refractivity contribution in [2.24, 2.45) is 5.41 Å². The number of rotatable bonds is 3. The summed E-state index contributed by atoms with van der Waals surface area (Å²) in [5.41, 5.74) is 1.58. The summed E-state index contributed by atoms with van der Waals surface area (Å²) < 4.78 is 0. The first-order valence-electron chi connectivity index (χ1n) is 11.0. The first-order valence-corrected chi connectivity index (χ1v) is 11.0. The molecule has 3 fully saturated rings. The molecule has 0 bridgehead atoms. The van der Waals surface area contributed by atoms with E-state index in [-0.39, 0.29) is 29.4 Å². The topological polar surface area (TPSA) is 96.7 Å². The number of hydrogen-bond donors (Lipinski definition) is 2. The van der Waals surface area contributed by atoms with Crippen LogP contribution in [-0.4, -0.2) is 53.6 Å². The van der Waals surface area contributed by atoms with E-state index in [9.17, 15) is 20.0 Å². The molecule has 1 aliphatic carbocycles. The molecule has 1 atom stereocenters. The fourth-order valence-electron chi connectivity index (χ4n) is 5.46. The Bertz CT molecular complexity index is 872. The summed E-state index contributed by atoms with van der Waals surface area (Å²) in [5.74, 6) is 0.0809. The Morgan fingerprint density at radius 1 is 1.23 bits per heavy atom. The molecule has 7 heteroatoms. The van der Waals surface area contributed by atoms with E-state index in [2.05, 4.69) is 21.2 Å². The number of carbonyl (C=O) groups is 2. The highest BCUT2D eigenvalue weighted by Gasteiger charge is 2.50. The molecule has 1 aromatic rings. The number of anilines is 2. The van der Waals surface area contributed by atoms with Gasteiger partial charge < -0.3 is 20.2 Å². The summed E-state index contributed by atoms with van der Waals surface area (Å²) in [6, 6.07) is 7.90. The molecule has 1 unspecified atom stereocenters. The van der Waals surface area contributed by atoms with Gasteiger partial charge in [0, 0.05) is 38.3 Å². The second kappa shape index (κ2) is 8.27. The molecule has 1 spiro atoms. The van der Waals surface area contributed by atoms with E-state index >= 15 is 0 Å². The summed E-state index contributed by atoms with van der Waals surface area (Å²) in [5, 5.41) is 22.2. The number of likely N-dealkylation sites (tertiary alicyclic amines) is 1. The third-order valence-electron chi connectivity index (χ3n) is 7.01. The zero-order chi connectivity index (χ0) is 21.3. The summed E-state index contributed by atoms with van der Waals surface area (Å²) in [4.78, 5) is 29.1. The number of hydrogen-bond acceptors (Lipinski definition) is 5. The minimum absolute atomic E-state index is 0.171. The molecule has 4 rings (SSSR count). The quantitative estimate of drug-likeness (QED) is 0.799. The predicted molar refractivity (Wildman–Crippen MR) is 114 cm³/mol. The maximum atomic E-state index is 13.5. The molecule has 1 aromatic carbocycles. The van der Waals surface area contributed by atoms with E-state index in [4.69, 9.17) is 0 Å². The van der Waals surface area contributed by atoms with Crippen LogP contribution in [0.25, 0.3) is 0 Å². The Morgan fingerprint density at radius 2 is 2.00 bits per heavy atom. The number of carbonyl (C=O) groups excluding carboxylic acids is 2. The van der Waals surface area contributed by atoms with Crippen molar-refractivity contribution < 1.29 is 14.7 Å². The highest BCUT2D eigenvalue weighted by Crippen LogP contribution is 2.44. The monoisotopic (exact) mass is 410 g/mol. The van der Waals surface area contributed by atoms with Crippen LogP contribution in [0, 0.1) is 16.7 Å². The maximum Gasteiger partial charge on any atom is 0.230 e. The zero-order valence-corrected chi connectivity index (χ0v) is 17.6. The summed E-state index contributed by atoms with van der Waals surface area (Å²) in [7, 11) is 0. The van der Waals surface area contributed by atoms with Crippen LogP contribution in [0.15, 0.2) is 18.2 Å². The Hall–Kier alpha value is -2.59. The standard InChI is InChI=1S/C23H30N4O3/c1-16(28)25-18-3-8-21(17(13-18)14-24)26-11-2-9-23(15-26)10-12-27(22(23)30)19-4-6-20(29)7-5-19/h3,8,13,19-20,29H,2,4-7,9-12,15H2,1H3,(H,25,28). The van der Waals surface area contributed by atoms with Gasteiger partial charge >= 0.3 is 0 Å². The first kappa shape index (κ1) is 20.7. The van der Waals surface area contributed by atoms with Crippen molar-refractivity contribution in [1.29, 1.82) is 5.26 Å². The van der Waals surface area contributed by atoms with Gasteiger partial charge in [0.1, 0.15) is 6.07 Å². The first-order chi connectivity index (χ1) is 14.4. The van der Waals surface area contributed by atoms with Gasteiger partial charge in [0.15, 0.2) is 0 Å². The van der Waals surface area contributed by atoms with Crippen LogP contribution >= 0.6 is 0 Å². The van der Waals surface area contributed by atoms with E-state index in [0.717, 1.165) is 63.7 Å². The van der Waals surface area contributed by atoms with Crippen LogP contribution < -0.4 is 10.2 Å². The zero-order valence-electron chi connectivity index (χ0n) is 17.6. The van der Waals surface area contributed by atoms with Crippen molar-refractivity contribution in [2.75, 3.05) is 29.9 Å². The van der Waals surface area contributed by atoms with Gasteiger partial charge in [-0.05, 0) is 63.1 Å². The van der Waals surface area contributed by atoms with Crippen molar-refractivity contribution in [3.8, 4) is 6.07 Å². The molecule has 2 amide bonds. The largest absolute Gasteiger partial charge is 0.393 e. The SMILES string of the molecule is CC(=O)Nc1ccc(N2CCCC3(CCN(C4CCC(O)CC4)C3=O)C2)c(C#N)c1. The van der Waals surface area contributed by atoms with E-state index < -0.39 is 0 Å². The van der Waals surface area contributed by atoms with Crippen LogP contribution in [0.4, 0.5) is 11.4 Å². The lowest BCUT2D eigenvalue weighted by Gasteiger charge is -2.41. The normalized spacial score (nSPS) is 29.2. The van der Waals surface area contributed by atoms with Gasteiger partial charge in [-0.3, -0.25) is 9.59 Å². The number of aliphatic hydroxyl groups is 1. The molecule has 0 radical (unpaired) electrons. The van der Waals surface area contributed by atoms with E-state index in [0.29, 0.717) is 17.8 Å². The lowest BCUT2D eigenvalue weighted by molar-refractivity contribution is -0.139. The smallest absolute Gasteiger partial charge is 0.230 e. The average Bonchev–Trinajstić information content (AvgIpc) is 3.03. The Labute approximate surface area is 177 Å². The number of benzene rings is 1. The number of nitrogens with one attached hydrogen (secondary N) is 1. The highest BCUT2D eigenvalue weighted by atomic mass is 16.3. The van der Waals surface area contributed by atoms with Gasteiger partial charge in [0.2, 0.25) is 11.8 Å². The summed E-state index contributed by atoms with van der Waals surface area (Å²) in [6.45, 7) is 3.68. The number of amides is 2. The molecule has 2 aliphatic heterocycles. The second-order valence-electron chi connectivity index (χ2n) is 9.04. The van der Waals surface area contributed by atoms with E-state index in [1.54, 1.807) is 6.07 Å². The van der Waals surface area contributed by atoms with Gasteiger partial charge in [-0.25, -0.2) is 0 Å². The third kappa shape index (κ3) is 3.89. The number of piperidine rings is 1. The molecule has 7 nitrogen and oxygen atoms in total. The number of nitriles is 1. The van der Waals surface area contributed by atoms with Crippen LogP contribution in [0.1, 0.15) is 57.4 Å². The molecular weight excluding hydrogens is 380 g/mol. The minimum Gasteiger partial charge on any atom is -0.393 e. The van der Waals surface area contributed by atoms with Crippen molar-refractivity contribution >= 4 is 23.2 Å². The summed E-state index contributed by atoms with van der Waals surface area (Å²) in [6.07, 6.45) is 5.77. The van der Waals surface area contributed by atoms with Crippen LogP contribution in [0.3, 0.4) is 0 Å². The lowest BCUT2D eigenvalue weighted by Crippen LogP contribution is -2.50. The molecule has 1 saturated carbocycles. The molecule has 2 heterocycles. The van der Waals surface area contributed by atoms with E-state index in [1.807, 2.05) is 12.1 Å². The van der Waals surface area contributed by atoms with Crippen molar-refractivity contribution in [3.05, 3.63) is 23.8 Å². The second-order valence-corrected chi connectivity index (χ2v) is 9.04. The molecule has 160 valence electrons. The highest BCUT2D eigenvalue weighted by molar-refractivity contribution is 5.89. The molecule has 2 saturated heterocycles. The minimum atomic E-state index is -0.378. The van der Waals surface area contributed by atoms with Crippen LogP contribution in [0.5, 0.6) is 0 Å². The number of nitrogens with zero attached hydrogens (tertiary/aromatic N) is 3. The molecule has 30 heavy (non-hydrogen) atoms. The fourth-order valence-corrected chi connectivity index (χ4v) is 5.46. The number of aliphatic hydroxyl groups excluding tert-OH is 1. The van der Waals surface area contributed by atoms with Gasteiger partial charge in [-0.15, -0.1) is 0 Å². The van der Waals surface area contributed by atoms with Crippen LogP contribution in [0.2, 0.25) is 0 Å². The van der Waals surface area contributed by atoms with Crippen molar-refractivity contribution in [1.82, 2.24) is 4.90 Å². The van der Waals surface area contributed by atoms with Crippen molar-refractivity contribution in [3.63, 3.8) is 0 Å². The summed E-state index contributed by atoms with van der Waals surface area (Å²) >= 11 is 0. The Kier molecular flexibility index (Phi) is 5.70. The Morgan fingerprint density at radius 3 is 2.70 bits per heavy atom. The molecule has 0 aromatic heterocycles. The molecule has 2 N–H and O–H groups in total. The van der Waals surface area contributed by atoms with Gasteiger partial charge in [0.05, 0.1) is 22.8 Å². The maximum absolute atomic E-state index is 13.5. The van der Waals surface area contributed by atoms with Crippen molar-refractivity contribution in [2.45, 2.75) is 64.0 Å². The lowest BCUT2D eigenvalue weighted by atomic mass is 9.78. The fraction of sp³-hybridized carbons (Fsp3) is 0.609. The van der Waals surface area contributed by atoms with Gasteiger partial charge in [-0.1, -0.05) is 0 Å². The van der Waals surface area contributed by atoms with Gasteiger partial charge in [-0.2, -0.15) is 5.26 Å². The van der Waals surface area contributed by atoms with Crippen LogP contribution in [-0.2, 0) is 9.59 Å². The predicted octanol–water partition coefficient (Wildman–Crippen LogP) is 2.64. The molecule has 3 aliphatic rings. The molecular formula is C23H30N4O3.